The molecule has 3 heterocycles. The Balaban J connectivity index is 1.55. The highest BCUT2D eigenvalue weighted by Gasteiger charge is 2.34. The molecular formula is C24H21FN8O2. The lowest BCUT2D eigenvalue weighted by Crippen LogP contribution is -2.38. The average Bonchev–Trinajstić information content (AvgIpc) is 3.50. The Morgan fingerprint density at radius 1 is 1.03 bits per heavy atom. The SMILES string of the molecule is Cc1c(C(=O)[C@@H](C#N)c2nnc(N3CCOCC3)n2-c2ccccc2)nnn1-c1ccc(F)cc1. The summed E-state index contributed by atoms with van der Waals surface area (Å²) in [6.45, 7) is 3.99. The number of nitrogens with zero attached hydrogens (tertiary/aromatic N) is 8. The zero-order chi connectivity index (χ0) is 24.4. The molecule has 176 valence electrons. The van der Waals surface area contributed by atoms with E-state index in [9.17, 15) is 14.4 Å². The van der Waals surface area contributed by atoms with Gasteiger partial charge in [0.1, 0.15) is 5.82 Å². The third kappa shape index (κ3) is 4.15. The van der Waals surface area contributed by atoms with Crippen molar-refractivity contribution in [3.05, 3.63) is 77.6 Å². The van der Waals surface area contributed by atoms with E-state index in [2.05, 4.69) is 26.6 Å². The molecule has 1 aliphatic rings. The maximum absolute atomic E-state index is 13.6. The van der Waals surface area contributed by atoms with Crippen LogP contribution < -0.4 is 4.90 Å². The van der Waals surface area contributed by atoms with Crippen molar-refractivity contribution in [2.24, 2.45) is 0 Å². The van der Waals surface area contributed by atoms with Crippen molar-refractivity contribution >= 4 is 11.7 Å². The van der Waals surface area contributed by atoms with Crippen molar-refractivity contribution < 1.29 is 13.9 Å². The molecular weight excluding hydrogens is 451 g/mol. The molecule has 11 heteroatoms. The fourth-order valence-electron chi connectivity index (χ4n) is 4.02. The number of aromatic nitrogens is 6. The van der Waals surface area contributed by atoms with Gasteiger partial charge in [0.05, 0.1) is 36.4 Å². The van der Waals surface area contributed by atoms with E-state index < -0.39 is 11.7 Å². The first kappa shape index (κ1) is 22.4. The van der Waals surface area contributed by atoms with E-state index in [0.717, 1.165) is 5.69 Å². The number of hydrogen-bond acceptors (Lipinski definition) is 8. The van der Waals surface area contributed by atoms with Crippen LogP contribution in [0.4, 0.5) is 10.3 Å². The fourth-order valence-corrected chi connectivity index (χ4v) is 4.02. The molecule has 10 nitrogen and oxygen atoms in total. The summed E-state index contributed by atoms with van der Waals surface area (Å²) in [7, 11) is 0. The molecule has 0 N–H and O–H groups in total. The highest BCUT2D eigenvalue weighted by atomic mass is 19.1. The van der Waals surface area contributed by atoms with Gasteiger partial charge in [0.2, 0.25) is 11.7 Å². The highest BCUT2D eigenvalue weighted by molar-refractivity contribution is 6.01. The number of carbonyl (C=O) groups is 1. The first-order chi connectivity index (χ1) is 17.1. The van der Waals surface area contributed by atoms with E-state index in [4.69, 9.17) is 4.74 Å². The number of halogens is 1. The number of para-hydroxylation sites is 1. The molecule has 1 fully saturated rings. The van der Waals surface area contributed by atoms with Gasteiger partial charge in [-0.2, -0.15) is 5.26 Å². The van der Waals surface area contributed by atoms with Crippen LogP contribution in [0.5, 0.6) is 0 Å². The summed E-state index contributed by atoms with van der Waals surface area (Å²) < 4.78 is 21.9. The third-order valence-electron chi connectivity index (χ3n) is 5.83. The molecule has 1 atom stereocenters. The number of nitriles is 1. The van der Waals surface area contributed by atoms with Crippen molar-refractivity contribution in [2.75, 3.05) is 31.2 Å². The Kier molecular flexibility index (Phi) is 6.03. The summed E-state index contributed by atoms with van der Waals surface area (Å²) in [6, 6.07) is 17.1. The van der Waals surface area contributed by atoms with Gasteiger partial charge in [0.25, 0.3) is 0 Å². The van der Waals surface area contributed by atoms with Crippen molar-refractivity contribution in [1.29, 1.82) is 5.26 Å². The minimum atomic E-state index is -1.27. The summed E-state index contributed by atoms with van der Waals surface area (Å²) in [5.41, 5.74) is 1.75. The second kappa shape index (κ2) is 9.44. The van der Waals surface area contributed by atoms with E-state index in [0.29, 0.717) is 43.6 Å². The lowest BCUT2D eigenvalue weighted by atomic mass is 10.0. The number of carbonyl (C=O) groups excluding carboxylic acids is 1. The van der Waals surface area contributed by atoms with Crippen LogP contribution in [-0.2, 0) is 4.74 Å². The summed E-state index contributed by atoms with van der Waals surface area (Å²) in [5, 5.41) is 26.8. The van der Waals surface area contributed by atoms with Crippen molar-refractivity contribution in [2.45, 2.75) is 12.8 Å². The van der Waals surface area contributed by atoms with Crippen LogP contribution >= 0.6 is 0 Å². The van der Waals surface area contributed by atoms with Gasteiger partial charge in [-0.05, 0) is 43.3 Å². The standard InChI is InChI=1S/C24H21FN8O2/c1-16-21(27-30-33(16)19-9-7-17(25)8-10-19)22(34)20(15-26)23-28-29-24(31-11-13-35-14-12-31)32(23)18-5-3-2-4-6-18/h2-10,20H,11-14H2,1H3/t20-/m1/s1. The Hall–Kier alpha value is -4.43. The van der Waals surface area contributed by atoms with E-state index in [1.54, 1.807) is 11.5 Å². The van der Waals surface area contributed by atoms with Gasteiger partial charge < -0.3 is 9.64 Å². The molecule has 1 aliphatic heterocycles. The normalized spacial score (nSPS) is 14.5. The number of benzene rings is 2. The lowest BCUT2D eigenvalue weighted by Gasteiger charge is -2.28. The average molecular weight is 472 g/mol. The van der Waals surface area contributed by atoms with Gasteiger partial charge in [0.15, 0.2) is 17.4 Å². The monoisotopic (exact) mass is 472 g/mol. The zero-order valence-electron chi connectivity index (χ0n) is 18.9. The Labute approximate surface area is 200 Å². The largest absolute Gasteiger partial charge is 0.378 e. The minimum absolute atomic E-state index is 0.0383. The van der Waals surface area contributed by atoms with Crippen LogP contribution in [0, 0.1) is 24.1 Å². The van der Waals surface area contributed by atoms with Crippen molar-refractivity contribution in [3.63, 3.8) is 0 Å². The molecule has 2 aromatic carbocycles. The van der Waals surface area contributed by atoms with Gasteiger partial charge in [0, 0.05) is 13.1 Å². The molecule has 0 amide bonds. The number of Topliss-reactive ketones (excluding diaryl/α,β-unsaturated/α-hetero) is 1. The second-order valence-electron chi connectivity index (χ2n) is 7.97. The van der Waals surface area contributed by atoms with Crippen LogP contribution in [-0.4, -0.2) is 61.8 Å². The molecule has 5 rings (SSSR count). The molecule has 0 bridgehead atoms. The van der Waals surface area contributed by atoms with Gasteiger partial charge in [-0.15, -0.1) is 15.3 Å². The van der Waals surface area contributed by atoms with Gasteiger partial charge >= 0.3 is 0 Å². The maximum atomic E-state index is 13.6. The molecule has 0 aliphatic carbocycles. The third-order valence-corrected chi connectivity index (χ3v) is 5.83. The molecule has 0 radical (unpaired) electrons. The van der Waals surface area contributed by atoms with Gasteiger partial charge in [-0.25, -0.2) is 9.07 Å². The lowest BCUT2D eigenvalue weighted by molar-refractivity contribution is 0.0970. The predicted molar refractivity (Wildman–Crippen MR) is 123 cm³/mol. The van der Waals surface area contributed by atoms with Crippen LogP contribution in [0.2, 0.25) is 0 Å². The number of hydrogen-bond donors (Lipinski definition) is 0. The van der Waals surface area contributed by atoms with Crippen LogP contribution in [0.1, 0.15) is 27.9 Å². The number of rotatable bonds is 6. The fraction of sp³-hybridized carbons (Fsp3) is 0.250. The smallest absolute Gasteiger partial charge is 0.232 e. The second-order valence-corrected chi connectivity index (χ2v) is 7.97. The number of ketones is 1. The predicted octanol–water partition coefficient (Wildman–Crippen LogP) is 2.62. The first-order valence-corrected chi connectivity index (χ1v) is 11.0. The summed E-state index contributed by atoms with van der Waals surface area (Å²) in [6.07, 6.45) is 0. The summed E-state index contributed by atoms with van der Waals surface area (Å²) >= 11 is 0. The Morgan fingerprint density at radius 3 is 2.43 bits per heavy atom. The van der Waals surface area contributed by atoms with Crippen molar-refractivity contribution in [3.8, 4) is 17.4 Å². The Bertz CT molecular complexity index is 1390. The topological polar surface area (TPSA) is 115 Å². The summed E-state index contributed by atoms with van der Waals surface area (Å²) in [4.78, 5) is 15.6. The van der Waals surface area contributed by atoms with Crippen LogP contribution in [0.3, 0.4) is 0 Å². The molecule has 35 heavy (non-hydrogen) atoms. The Morgan fingerprint density at radius 2 is 1.74 bits per heavy atom. The zero-order valence-corrected chi connectivity index (χ0v) is 18.9. The molecule has 2 aromatic heterocycles. The van der Waals surface area contributed by atoms with Gasteiger partial charge in [-0.1, -0.05) is 23.4 Å². The molecule has 4 aromatic rings. The van der Waals surface area contributed by atoms with E-state index in [1.807, 2.05) is 35.2 Å². The molecule has 0 unspecified atom stereocenters. The molecule has 0 spiro atoms. The van der Waals surface area contributed by atoms with E-state index >= 15 is 0 Å². The molecule has 1 saturated heterocycles. The number of morpholine rings is 1. The van der Waals surface area contributed by atoms with E-state index in [-0.39, 0.29) is 17.3 Å². The minimum Gasteiger partial charge on any atom is -0.378 e. The van der Waals surface area contributed by atoms with Crippen LogP contribution in [0.25, 0.3) is 11.4 Å². The van der Waals surface area contributed by atoms with E-state index in [1.165, 1.54) is 28.9 Å². The first-order valence-electron chi connectivity index (χ1n) is 11.0. The van der Waals surface area contributed by atoms with Crippen LogP contribution in [0.15, 0.2) is 54.6 Å². The highest BCUT2D eigenvalue weighted by Crippen LogP contribution is 2.28. The quantitative estimate of drug-likeness (QED) is 0.394. The summed E-state index contributed by atoms with van der Waals surface area (Å²) in [5.74, 6) is -1.47. The number of ether oxygens (including phenoxy) is 1. The van der Waals surface area contributed by atoms with Gasteiger partial charge in [-0.3, -0.25) is 9.36 Å². The molecule has 0 saturated carbocycles. The maximum Gasteiger partial charge on any atom is 0.232 e. The number of anilines is 1. The van der Waals surface area contributed by atoms with Crippen molar-refractivity contribution in [1.82, 2.24) is 29.8 Å².